The molecule has 1 amide bonds. The molecule has 9 heteroatoms. The second-order valence-electron chi connectivity index (χ2n) is 4.91. The SMILES string of the molecule is CC(=NNC(=O)c1cc(O)c(O)c(O)c1)c1c(O)cc(C)oc1=O. The summed E-state index contributed by atoms with van der Waals surface area (Å²) in [5, 5.41) is 41.4. The van der Waals surface area contributed by atoms with E-state index in [9.17, 15) is 30.0 Å². The number of nitrogens with one attached hydrogen (secondary N) is 1. The van der Waals surface area contributed by atoms with Gasteiger partial charge in [-0.05, 0) is 26.0 Å². The summed E-state index contributed by atoms with van der Waals surface area (Å²) in [7, 11) is 0. The highest BCUT2D eigenvalue weighted by molar-refractivity contribution is 6.02. The standard InChI is InChI=1S/C15H14N2O7/c1-6-3-9(18)12(15(23)24-6)7(2)16-17-14(22)8-4-10(19)13(21)11(20)5-8/h3-5,18-21H,1-2H3,(H,17,22). The van der Waals surface area contributed by atoms with Crippen molar-refractivity contribution in [2.24, 2.45) is 5.10 Å². The number of carbonyl (C=O) groups is 1. The molecule has 126 valence electrons. The van der Waals surface area contributed by atoms with Crippen molar-refractivity contribution in [3.8, 4) is 23.0 Å². The molecule has 0 saturated carbocycles. The number of amides is 1. The lowest BCUT2D eigenvalue weighted by Gasteiger charge is -2.06. The number of rotatable bonds is 3. The first-order chi connectivity index (χ1) is 11.2. The molecule has 24 heavy (non-hydrogen) atoms. The van der Waals surface area contributed by atoms with Gasteiger partial charge in [-0.1, -0.05) is 0 Å². The molecule has 2 aromatic rings. The lowest BCUT2D eigenvalue weighted by atomic mass is 10.1. The topological polar surface area (TPSA) is 153 Å². The molecular formula is C15H14N2O7. The summed E-state index contributed by atoms with van der Waals surface area (Å²) < 4.78 is 4.84. The molecular weight excluding hydrogens is 320 g/mol. The molecule has 0 saturated heterocycles. The van der Waals surface area contributed by atoms with E-state index in [4.69, 9.17) is 4.42 Å². The molecule has 5 N–H and O–H groups in total. The van der Waals surface area contributed by atoms with E-state index in [1.54, 1.807) is 0 Å². The Hall–Kier alpha value is -3.49. The number of aryl methyl sites for hydroxylation is 1. The third-order valence-electron chi connectivity index (χ3n) is 3.07. The molecule has 0 atom stereocenters. The normalized spacial score (nSPS) is 11.3. The van der Waals surface area contributed by atoms with Gasteiger partial charge in [-0.15, -0.1) is 0 Å². The molecule has 0 spiro atoms. The van der Waals surface area contributed by atoms with E-state index in [1.807, 2.05) is 0 Å². The summed E-state index contributed by atoms with van der Waals surface area (Å²) in [6.07, 6.45) is 0. The van der Waals surface area contributed by atoms with E-state index in [1.165, 1.54) is 19.9 Å². The van der Waals surface area contributed by atoms with Crippen LogP contribution in [0.1, 0.15) is 28.6 Å². The Kier molecular flexibility index (Phi) is 4.45. The summed E-state index contributed by atoms with van der Waals surface area (Å²) >= 11 is 0. The van der Waals surface area contributed by atoms with E-state index in [2.05, 4.69) is 10.5 Å². The van der Waals surface area contributed by atoms with Crippen molar-refractivity contribution in [2.75, 3.05) is 0 Å². The van der Waals surface area contributed by atoms with Crippen LogP contribution in [0.4, 0.5) is 0 Å². The third-order valence-corrected chi connectivity index (χ3v) is 3.07. The van der Waals surface area contributed by atoms with Gasteiger partial charge in [0, 0.05) is 11.6 Å². The number of phenolic OH excluding ortho intramolecular Hbond substituents is 3. The molecule has 0 unspecified atom stereocenters. The van der Waals surface area contributed by atoms with Crippen molar-refractivity contribution in [1.82, 2.24) is 5.43 Å². The number of nitrogens with zero attached hydrogens (tertiary/aromatic N) is 1. The minimum Gasteiger partial charge on any atom is -0.507 e. The smallest absolute Gasteiger partial charge is 0.348 e. The Morgan fingerprint density at radius 1 is 1.08 bits per heavy atom. The summed E-state index contributed by atoms with van der Waals surface area (Å²) in [6.45, 7) is 2.86. The van der Waals surface area contributed by atoms with E-state index >= 15 is 0 Å². The van der Waals surface area contributed by atoms with E-state index in [0.29, 0.717) is 0 Å². The van der Waals surface area contributed by atoms with Crippen LogP contribution < -0.4 is 11.1 Å². The fraction of sp³-hybridized carbons (Fsp3) is 0.133. The first-order valence-electron chi connectivity index (χ1n) is 6.64. The van der Waals surface area contributed by atoms with Gasteiger partial charge in [-0.3, -0.25) is 4.79 Å². The second kappa shape index (κ2) is 6.32. The number of benzene rings is 1. The maximum Gasteiger partial charge on any atom is 0.348 e. The molecule has 9 nitrogen and oxygen atoms in total. The van der Waals surface area contributed by atoms with Crippen LogP contribution >= 0.6 is 0 Å². The van der Waals surface area contributed by atoms with Gasteiger partial charge in [0.25, 0.3) is 5.91 Å². The lowest BCUT2D eigenvalue weighted by molar-refractivity contribution is 0.0954. The molecule has 0 aliphatic heterocycles. The zero-order chi connectivity index (χ0) is 18.0. The molecule has 1 heterocycles. The fourth-order valence-electron chi connectivity index (χ4n) is 1.92. The highest BCUT2D eigenvalue weighted by atomic mass is 16.4. The molecule has 1 aromatic heterocycles. The van der Waals surface area contributed by atoms with Crippen molar-refractivity contribution >= 4 is 11.6 Å². The average Bonchev–Trinajstić information content (AvgIpc) is 2.48. The van der Waals surface area contributed by atoms with Crippen molar-refractivity contribution in [1.29, 1.82) is 0 Å². The van der Waals surface area contributed by atoms with Gasteiger partial charge >= 0.3 is 5.63 Å². The van der Waals surface area contributed by atoms with Crippen molar-refractivity contribution in [3.05, 3.63) is 45.5 Å². The van der Waals surface area contributed by atoms with Crippen LogP contribution in [0.25, 0.3) is 0 Å². The van der Waals surface area contributed by atoms with Gasteiger partial charge < -0.3 is 24.8 Å². The number of hydrogen-bond donors (Lipinski definition) is 5. The van der Waals surface area contributed by atoms with Crippen LogP contribution in [-0.4, -0.2) is 32.0 Å². The summed E-state index contributed by atoms with van der Waals surface area (Å²) in [5.41, 5.74) is 0.873. The Bertz CT molecular complexity index is 876. The van der Waals surface area contributed by atoms with Gasteiger partial charge in [0.05, 0.1) is 5.71 Å². The Morgan fingerprint density at radius 3 is 2.21 bits per heavy atom. The average molecular weight is 334 g/mol. The maximum atomic E-state index is 11.9. The number of aromatic hydroxyl groups is 4. The zero-order valence-electron chi connectivity index (χ0n) is 12.7. The fourth-order valence-corrected chi connectivity index (χ4v) is 1.92. The van der Waals surface area contributed by atoms with E-state index in [0.717, 1.165) is 12.1 Å². The highest BCUT2D eigenvalue weighted by Gasteiger charge is 2.15. The largest absolute Gasteiger partial charge is 0.507 e. The lowest BCUT2D eigenvalue weighted by Crippen LogP contribution is -2.21. The van der Waals surface area contributed by atoms with Crippen LogP contribution in [0.2, 0.25) is 0 Å². The minimum absolute atomic E-state index is 0.0122. The Balaban J connectivity index is 2.28. The highest BCUT2D eigenvalue weighted by Crippen LogP contribution is 2.35. The van der Waals surface area contributed by atoms with E-state index in [-0.39, 0.29) is 28.3 Å². The number of hydrazone groups is 1. The molecule has 0 bridgehead atoms. The molecule has 1 aromatic carbocycles. The first kappa shape index (κ1) is 16.9. The monoisotopic (exact) mass is 334 g/mol. The summed E-state index contributed by atoms with van der Waals surface area (Å²) in [5.74, 6) is -3.08. The van der Waals surface area contributed by atoms with Crippen molar-refractivity contribution in [2.45, 2.75) is 13.8 Å². The van der Waals surface area contributed by atoms with Crippen LogP contribution in [0.15, 0.2) is 32.5 Å². The quantitative estimate of drug-likeness (QED) is 0.318. The molecule has 0 aliphatic rings. The van der Waals surface area contributed by atoms with Gasteiger partial charge in [0.1, 0.15) is 17.1 Å². The van der Waals surface area contributed by atoms with Gasteiger partial charge in [-0.2, -0.15) is 5.10 Å². The predicted octanol–water partition coefficient (Wildman–Crippen LogP) is 0.925. The molecule has 0 radical (unpaired) electrons. The zero-order valence-corrected chi connectivity index (χ0v) is 12.7. The van der Waals surface area contributed by atoms with Crippen LogP contribution in [0, 0.1) is 6.92 Å². The summed E-state index contributed by atoms with van der Waals surface area (Å²) in [4.78, 5) is 23.7. The van der Waals surface area contributed by atoms with E-state index < -0.39 is 28.8 Å². The first-order valence-corrected chi connectivity index (χ1v) is 6.64. The summed E-state index contributed by atoms with van der Waals surface area (Å²) in [6, 6.07) is 3.08. The number of hydrogen-bond acceptors (Lipinski definition) is 8. The number of carbonyl (C=O) groups excluding carboxylic acids is 1. The van der Waals surface area contributed by atoms with Crippen molar-refractivity contribution < 1.29 is 29.6 Å². The minimum atomic E-state index is -0.823. The Labute approximate surface area is 135 Å². The van der Waals surface area contributed by atoms with Crippen LogP contribution in [0.5, 0.6) is 23.0 Å². The molecule has 0 aliphatic carbocycles. The predicted molar refractivity (Wildman–Crippen MR) is 82.5 cm³/mol. The van der Waals surface area contributed by atoms with Gasteiger partial charge in [0.15, 0.2) is 17.2 Å². The number of phenols is 3. The van der Waals surface area contributed by atoms with Crippen LogP contribution in [0.3, 0.4) is 0 Å². The van der Waals surface area contributed by atoms with Gasteiger partial charge in [-0.25, -0.2) is 10.2 Å². The van der Waals surface area contributed by atoms with Crippen LogP contribution in [-0.2, 0) is 0 Å². The molecule has 2 rings (SSSR count). The maximum absolute atomic E-state index is 11.9. The second-order valence-corrected chi connectivity index (χ2v) is 4.91. The van der Waals surface area contributed by atoms with Gasteiger partial charge in [0.2, 0.25) is 0 Å². The third kappa shape index (κ3) is 3.29. The van der Waals surface area contributed by atoms with Crippen molar-refractivity contribution in [3.63, 3.8) is 0 Å². The molecule has 0 fully saturated rings. The Morgan fingerprint density at radius 2 is 1.67 bits per heavy atom.